The molecule has 0 atom stereocenters. The summed E-state index contributed by atoms with van der Waals surface area (Å²) in [5, 5.41) is 2.77. The summed E-state index contributed by atoms with van der Waals surface area (Å²) in [6.07, 6.45) is 4.04. The second-order valence-corrected chi connectivity index (χ2v) is 6.34. The van der Waals surface area contributed by atoms with Gasteiger partial charge in [0.1, 0.15) is 11.4 Å². The van der Waals surface area contributed by atoms with E-state index in [1.165, 1.54) is 0 Å². The zero-order chi connectivity index (χ0) is 19.2. The Hall–Kier alpha value is -3.41. The standard InChI is InChI=1S/C21H22N4O2/c1-15-9-12-25(13-10-16-6-3-2-4-7-16)21(27)18(15)20(26)24-14-17-8-5-11-23-19(17)22/h2-9,11-12H,10,13-14H2,1H3,(H2,22,23)(H,24,26). The predicted molar refractivity (Wildman–Crippen MR) is 105 cm³/mol. The Morgan fingerprint density at radius 2 is 1.93 bits per heavy atom. The van der Waals surface area contributed by atoms with Crippen LogP contribution in [-0.4, -0.2) is 15.5 Å². The molecule has 3 rings (SSSR count). The van der Waals surface area contributed by atoms with E-state index in [1.807, 2.05) is 30.3 Å². The SMILES string of the molecule is Cc1ccn(CCc2ccccc2)c(=O)c1C(=O)NCc1cccnc1N. The first-order valence-electron chi connectivity index (χ1n) is 8.78. The van der Waals surface area contributed by atoms with Gasteiger partial charge in [0.15, 0.2) is 0 Å². The first-order chi connectivity index (χ1) is 13.1. The molecule has 3 N–H and O–H groups in total. The summed E-state index contributed by atoms with van der Waals surface area (Å²) in [5.41, 5.74) is 8.17. The number of aromatic nitrogens is 2. The van der Waals surface area contributed by atoms with Gasteiger partial charge in [-0.15, -0.1) is 0 Å². The molecule has 3 aromatic rings. The molecule has 27 heavy (non-hydrogen) atoms. The Morgan fingerprint density at radius 1 is 1.15 bits per heavy atom. The maximum atomic E-state index is 12.8. The van der Waals surface area contributed by atoms with Crippen LogP contribution in [0.1, 0.15) is 27.0 Å². The number of anilines is 1. The number of aryl methyl sites for hydroxylation is 3. The van der Waals surface area contributed by atoms with Crippen molar-refractivity contribution in [2.24, 2.45) is 0 Å². The smallest absolute Gasteiger partial charge is 0.263 e. The molecule has 0 saturated heterocycles. The number of pyridine rings is 2. The summed E-state index contributed by atoms with van der Waals surface area (Å²) in [7, 11) is 0. The molecule has 0 aliphatic heterocycles. The van der Waals surface area contributed by atoms with Crippen LogP contribution in [0, 0.1) is 6.92 Å². The van der Waals surface area contributed by atoms with Crippen molar-refractivity contribution in [3.05, 3.63) is 93.5 Å². The fourth-order valence-electron chi connectivity index (χ4n) is 2.88. The van der Waals surface area contributed by atoms with Crippen molar-refractivity contribution in [3.63, 3.8) is 0 Å². The molecule has 6 heteroatoms. The lowest BCUT2D eigenvalue weighted by atomic mass is 10.1. The van der Waals surface area contributed by atoms with Gasteiger partial charge >= 0.3 is 0 Å². The fraction of sp³-hybridized carbons (Fsp3) is 0.190. The number of amides is 1. The topological polar surface area (TPSA) is 90.0 Å². The van der Waals surface area contributed by atoms with E-state index in [1.54, 1.807) is 42.1 Å². The fourth-order valence-corrected chi connectivity index (χ4v) is 2.88. The molecular weight excluding hydrogens is 340 g/mol. The normalized spacial score (nSPS) is 10.6. The van der Waals surface area contributed by atoms with Crippen LogP contribution in [0.15, 0.2) is 65.7 Å². The van der Waals surface area contributed by atoms with E-state index in [2.05, 4.69) is 10.3 Å². The number of nitrogens with two attached hydrogens (primary N) is 1. The van der Waals surface area contributed by atoms with Crippen molar-refractivity contribution in [1.29, 1.82) is 0 Å². The van der Waals surface area contributed by atoms with Gasteiger partial charge in [-0.25, -0.2) is 4.98 Å². The van der Waals surface area contributed by atoms with E-state index in [9.17, 15) is 9.59 Å². The number of carbonyl (C=O) groups excluding carboxylic acids is 1. The monoisotopic (exact) mass is 362 g/mol. The number of benzene rings is 1. The average molecular weight is 362 g/mol. The first kappa shape index (κ1) is 18.4. The van der Waals surface area contributed by atoms with Crippen LogP contribution in [0.4, 0.5) is 5.82 Å². The van der Waals surface area contributed by atoms with Crippen LogP contribution in [0.3, 0.4) is 0 Å². The molecule has 0 saturated carbocycles. The third-order valence-electron chi connectivity index (χ3n) is 4.45. The Morgan fingerprint density at radius 3 is 2.67 bits per heavy atom. The second-order valence-electron chi connectivity index (χ2n) is 6.34. The van der Waals surface area contributed by atoms with Crippen LogP contribution < -0.4 is 16.6 Å². The van der Waals surface area contributed by atoms with Crippen molar-refractivity contribution >= 4 is 11.7 Å². The van der Waals surface area contributed by atoms with E-state index in [0.717, 1.165) is 12.0 Å². The summed E-state index contributed by atoms with van der Waals surface area (Å²) < 4.78 is 1.58. The molecule has 1 amide bonds. The van der Waals surface area contributed by atoms with Crippen molar-refractivity contribution in [2.45, 2.75) is 26.4 Å². The van der Waals surface area contributed by atoms with Crippen LogP contribution in [0.25, 0.3) is 0 Å². The van der Waals surface area contributed by atoms with E-state index < -0.39 is 5.91 Å². The first-order valence-corrected chi connectivity index (χ1v) is 8.78. The molecule has 1 aromatic carbocycles. The lowest BCUT2D eigenvalue weighted by Crippen LogP contribution is -2.34. The zero-order valence-electron chi connectivity index (χ0n) is 15.2. The van der Waals surface area contributed by atoms with Gasteiger partial charge in [-0.3, -0.25) is 9.59 Å². The van der Waals surface area contributed by atoms with Crippen LogP contribution in [0.2, 0.25) is 0 Å². The summed E-state index contributed by atoms with van der Waals surface area (Å²) >= 11 is 0. The lowest BCUT2D eigenvalue weighted by Gasteiger charge is -2.12. The van der Waals surface area contributed by atoms with Gasteiger partial charge in [-0.2, -0.15) is 0 Å². The van der Waals surface area contributed by atoms with Crippen molar-refractivity contribution in [2.75, 3.05) is 5.73 Å². The minimum absolute atomic E-state index is 0.160. The molecule has 0 aliphatic carbocycles. The summed E-state index contributed by atoms with van der Waals surface area (Å²) in [4.78, 5) is 29.4. The Kier molecular flexibility index (Phi) is 5.66. The van der Waals surface area contributed by atoms with Crippen molar-refractivity contribution < 1.29 is 4.79 Å². The third kappa shape index (κ3) is 4.41. The molecule has 0 fully saturated rings. The lowest BCUT2D eigenvalue weighted by molar-refractivity contribution is 0.0948. The molecule has 0 unspecified atom stereocenters. The molecule has 0 aliphatic rings. The number of rotatable bonds is 6. The van der Waals surface area contributed by atoms with E-state index in [0.29, 0.717) is 23.5 Å². The highest BCUT2D eigenvalue weighted by Crippen LogP contribution is 2.08. The number of nitrogens with one attached hydrogen (secondary N) is 1. The molecule has 138 valence electrons. The number of hydrogen-bond donors (Lipinski definition) is 2. The van der Waals surface area contributed by atoms with Crippen molar-refractivity contribution in [1.82, 2.24) is 14.9 Å². The second kappa shape index (κ2) is 8.31. The van der Waals surface area contributed by atoms with E-state index in [-0.39, 0.29) is 17.7 Å². The highest BCUT2D eigenvalue weighted by atomic mass is 16.2. The Bertz CT molecular complexity index is 997. The Balaban J connectivity index is 1.75. The minimum Gasteiger partial charge on any atom is -0.383 e. The van der Waals surface area contributed by atoms with Gasteiger partial charge in [0.05, 0.1) is 0 Å². The highest BCUT2D eigenvalue weighted by molar-refractivity contribution is 5.95. The zero-order valence-corrected chi connectivity index (χ0v) is 15.2. The van der Waals surface area contributed by atoms with E-state index in [4.69, 9.17) is 5.73 Å². The maximum Gasteiger partial charge on any atom is 0.263 e. The minimum atomic E-state index is -0.408. The molecule has 2 aromatic heterocycles. The highest BCUT2D eigenvalue weighted by Gasteiger charge is 2.16. The van der Waals surface area contributed by atoms with Crippen LogP contribution in [0.5, 0.6) is 0 Å². The molecule has 6 nitrogen and oxygen atoms in total. The van der Waals surface area contributed by atoms with Gasteiger partial charge < -0.3 is 15.6 Å². The average Bonchev–Trinajstić information content (AvgIpc) is 2.67. The van der Waals surface area contributed by atoms with Crippen LogP contribution in [-0.2, 0) is 19.5 Å². The molecular formula is C21H22N4O2. The van der Waals surface area contributed by atoms with Crippen LogP contribution >= 0.6 is 0 Å². The van der Waals surface area contributed by atoms with Gasteiger partial charge in [-0.1, -0.05) is 36.4 Å². The molecule has 0 bridgehead atoms. The quantitative estimate of drug-likeness (QED) is 0.704. The summed E-state index contributed by atoms with van der Waals surface area (Å²) in [5.74, 6) is -0.0438. The van der Waals surface area contributed by atoms with Gasteiger partial charge in [-0.05, 0) is 36.6 Å². The summed E-state index contributed by atoms with van der Waals surface area (Å²) in [6.45, 7) is 2.49. The number of nitrogen functional groups attached to an aromatic ring is 1. The molecule has 0 spiro atoms. The predicted octanol–water partition coefficient (Wildman–Crippen LogP) is 2.31. The maximum absolute atomic E-state index is 12.8. The summed E-state index contributed by atoms with van der Waals surface area (Å²) in [6, 6.07) is 15.3. The molecule has 2 heterocycles. The third-order valence-corrected chi connectivity index (χ3v) is 4.45. The van der Waals surface area contributed by atoms with Gasteiger partial charge in [0.25, 0.3) is 11.5 Å². The number of carbonyl (C=O) groups is 1. The van der Waals surface area contributed by atoms with Gasteiger partial charge in [0, 0.05) is 31.0 Å². The number of hydrogen-bond acceptors (Lipinski definition) is 4. The number of nitrogens with zero attached hydrogens (tertiary/aromatic N) is 2. The largest absolute Gasteiger partial charge is 0.383 e. The molecule has 0 radical (unpaired) electrons. The Labute approximate surface area is 157 Å². The van der Waals surface area contributed by atoms with E-state index >= 15 is 0 Å². The van der Waals surface area contributed by atoms with Gasteiger partial charge in [0.2, 0.25) is 0 Å². The van der Waals surface area contributed by atoms with Crippen molar-refractivity contribution in [3.8, 4) is 0 Å².